The molecule has 1 aromatic rings. The Labute approximate surface area is 152 Å². The van der Waals surface area contributed by atoms with E-state index >= 15 is 0 Å². The van der Waals surface area contributed by atoms with Gasteiger partial charge in [0.15, 0.2) is 13.1 Å². The molecule has 9 nitrogen and oxygen atoms in total. The van der Waals surface area contributed by atoms with Gasteiger partial charge in [0.1, 0.15) is 5.69 Å². The Morgan fingerprint density at radius 2 is 1.92 bits per heavy atom. The Balaban J connectivity index is 1.97. The van der Waals surface area contributed by atoms with Crippen LogP contribution in [0.4, 0.5) is 11.4 Å². The van der Waals surface area contributed by atoms with Crippen LogP contribution in [0.5, 0.6) is 0 Å². The maximum absolute atomic E-state index is 12.3. The van der Waals surface area contributed by atoms with Crippen LogP contribution in [0.1, 0.15) is 11.1 Å². The summed E-state index contributed by atoms with van der Waals surface area (Å²) in [6.45, 7) is 5.97. The summed E-state index contributed by atoms with van der Waals surface area (Å²) in [4.78, 5) is 37.7. The smallest absolute Gasteiger partial charge is 0.293 e. The van der Waals surface area contributed by atoms with E-state index in [1.54, 1.807) is 24.9 Å². The quantitative estimate of drug-likeness (QED) is 0.523. The van der Waals surface area contributed by atoms with Crippen LogP contribution in [0.2, 0.25) is 0 Å². The van der Waals surface area contributed by atoms with Crippen molar-refractivity contribution >= 4 is 23.2 Å². The van der Waals surface area contributed by atoms with E-state index < -0.39 is 4.92 Å². The van der Waals surface area contributed by atoms with E-state index in [1.165, 1.54) is 6.07 Å². The average molecular weight is 365 g/mol. The lowest BCUT2D eigenvalue weighted by molar-refractivity contribution is -0.862. The third kappa shape index (κ3) is 4.99. The van der Waals surface area contributed by atoms with Gasteiger partial charge in [-0.2, -0.15) is 0 Å². The lowest BCUT2D eigenvalue weighted by Gasteiger charge is -2.27. The first-order valence-corrected chi connectivity index (χ1v) is 8.51. The number of nitro benzene ring substituents is 1. The number of nitrogens with one attached hydrogen (secondary N) is 2. The molecule has 1 aliphatic heterocycles. The average Bonchev–Trinajstić information content (AvgIpc) is 2.59. The Morgan fingerprint density at radius 3 is 2.54 bits per heavy atom. The highest BCUT2D eigenvalue weighted by Gasteiger charge is 2.23. The number of hydrogen-bond acceptors (Lipinski definition) is 5. The number of nitrogens with zero attached hydrogens (tertiary/aromatic N) is 2. The molecular weight excluding hydrogens is 340 g/mol. The van der Waals surface area contributed by atoms with Crippen molar-refractivity contribution in [3.05, 3.63) is 33.4 Å². The number of likely N-dealkylation sites (N-methyl/N-ethyl adjacent to an activating group) is 1. The van der Waals surface area contributed by atoms with Gasteiger partial charge >= 0.3 is 0 Å². The van der Waals surface area contributed by atoms with Crippen LogP contribution >= 0.6 is 0 Å². The molecule has 1 heterocycles. The molecule has 0 aliphatic carbocycles. The topological polar surface area (TPSA) is 106 Å². The van der Waals surface area contributed by atoms with E-state index in [4.69, 9.17) is 4.74 Å². The van der Waals surface area contributed by atoms with Gasteiger partial charge < -0.3 is 19.9 Å². The molecule has 26 heavy (non-hydrogen) atoms. The summed E-state index contributed by atoms with van der Waals surface area (Å²) in [5.41, 5.74) is 1.60. The van der Waals surface area contributed by atoms with Gasteiger partial charge in [0.25, 0.3) is 17.5 Å². The standard InChI is InChI=1S/C17H24N4O5/c1-12-4-5-14(21(24)25)17(13(12)2)18-15(22)10-19(3)11-16(23)20-6-8-26-9-7-20/h4-5H,6-11H2,1-3H3,(H,18,22)/p+1. The van der Waals surface area contributed by atoms with Crippen molar-refractivity contribution in [2.24, 2.45) is 0 Å². The summed E-state index contributed by atoms with van der Waals surface area (Å²) in [5.74, 6) is -0.398. The van der Waals surface area contributed by atoms with Crippen molar-refractivity contribution in [3.63, 3.8) is 0 Å². The van der Waals surface area contributed by atoms with Gasteiger partial charge in [-0.3, -0.25) is 19.7 Å². The van der Waals surface area contributed by atoms with Crippen molar-refractivity contribution in [2.75, 3.05) is 51.8 Å². The monoisotopic (exact) mass is 365 g/mol. The molecule has 1 atom stereocenters. The molecule has 1 fully saturated rings. The first kappa shape index (κ1) is 19.8. The molecule has 1 aliphatic rings. The number of morpholine rings is 1. The van der Waals surface area contributed by atoms with Crippen LogP contribution in [0.3, 0.4) is 0 Å². The van der Waals surface area contributed by atoms with Crippen molar-refractivity contribution in [1.82, 2.24) is 4.90 Å². The van der Waals surface area contributed by atoms with Crippen LogP contribution in [-0.2, 0) is 14.3 Å². The van der Waals surface area contributed by atoms with Gasteiger partial charge in [0.2, 0.25) is 0 Å². The van der Waals surface area contributed by atoms with Gasteiger partial charge in [-0.1, -0.05) is 6.07 Å². The zero-order chi connectivity index (χ0) is 19.3. The second-order valence-electron chi connectivity index (χ2n) is 6.51. The number of carbonyl (C=O) groups excluding carboxylic acids is 2. The minimum Gasteiger partial charge on any atom is -0.378 e. The van der Waals surface area contributed by atoms with E-state index in [2.05, 4.69) is 5.32 Å². The fourth-order valence-corrected chi connectivity index (χ4v) is 2.81. The summed E-state index contributed by atoms with van der Waals surface area (Å²) in [6, 6.07) is 3.04. The summed E-state index contributed by atoms with van der Waals surface area (Å²) in [5, 5.41) is 13.8. The Bertz CT molecular complexity index is 701. The zero-order valence-electron chi connectivity index (χ0n) is 15.3. The summed E-state index contributed by atoms with van der Waals surface area (Å²) < 4.78 is 5.22. The molecule has 0 radical (unpaired) electrons. The van der Waals surface area contributed by atoms with E-state index in [0.717, 1.165) is 5.56 Å². The minimum atomic E-state index is -0.513. The molecule has 2 N–H and O–H groups in total. The van der Waals surface area contributed by atoms with Crippen LogP contribution < -0.4 is 10.2 Å². The SMILES string of the molecule is Cc1ccc([N+](=O)[O-])c(NC(=O)C[NH+](C)CC(=O)N2CCOCC2)c1C. The molecule has 1 aromatic carbocycles. The van der Waals surface area contributed by atoms with Gasteiger partial charge in [-0.05, 0) is 25.0 Å². The summed E-state index contributed by atoms with van der Waals surface area (Å²) >= 11 is 0. The molecule has 142 valence electrons. The number of aryl methyl sites for hydroxylation is 1. The summed E-state index contributed by atoms with van der Waals surface area (Å²) in [6.07, 6.45) is 0. The summed E-state index contributed by atoms with van der Waals surface area (Å²) in [7, 11) is 1.75. The molecule has 2 rings (SSSR count). The van der Waals surface area contributed by atoms with Crippen LogP contribution in [0.25, 0.3) is 0 Å². The van der Waals surface area contributed by atoms with Crippen LogP contribution in [-0.4, -0.2) is 68.1 Å². The van der Waals surface area contributed by atoms with Crippen molar-refractivity contribution in [3.8, 4) is 0 Å². The molecule has 0 bridgehead atoms. The fraction of sp³-hybridized carbons (Fsp3) is 0.529. The Kier molecular flexibility index (Phi) is 6.64. The first-order chi connectivity index (χ1) is 12.3. The predicted molar refractivity (Wildman–Crippen MR) is 95.2 cm³/mol. The normalized spacial score (nSPS) is 15.4. The van der Waals surface area contributed by atoms with E-state index in [9.17, 15) is 19.7 Å². The lowest BCUT2D eigenvalue weighted by atomic mass is 10.1. The maximum atomic E-state index is 12.3. The van der Waals surface area contributed by atoms with Crippen molar-refractivity contribution in [2.45, 2.75) is 13.8 Å². The van der Waals surface area contributed by atoms with Crippen molar-refractivity contribution in [1.29, 1.82) is 0 Å². The van der Waals surface area contributed by atoms with E-state index in [0.29, 0.717) is 36.8 Å². The van der Waals surface area contributed by atoms with Gasteiger partial charge in [0, 0.05) is 19.2 Å². The second kappa shape index (κ2) is 8.72. The second-order valence-corrected chi connectivity index (χ2v) is 6.51. The predicted octanol–water partition coefficient (Wildman–Crippen LogP) is -0.476. The molecule has 0 saturated carbocycles. The van der Waals surface area contributed by atoms with Crippen molar-refractivity contribution < 1.29 is 24.1 Å². The van der Waals surface area contributed by atoms with Crippen LogP contribution in [0, 0.1) is 24.0 Å². The molecule has 1 unspecified atom stereocenters. The molecule has 2 amide bonds. The highest BCUT2D eigenvalue weighted by molar-refractivity contribution is 5.95. The largest absolute Gasteiger partial charge is 0.378 e. The van der Waals surface area contributed by atoms with Gasteiger partial charge in [0.05, 0.1) is 25.2 Å². The number of ether oxygens (including phenoxy) is 1. The third-order valence-electron chi connectivity index (χ3n) is 4.45. The molecular formula is C17H25N4O5+. The van der Waals surface area contributed by atoms with E-state index in [-0.39, 0.29) is 36.3 Å². The van der Waals surface area contributed by atoms with Gasteiger partial charge in [-0.25, -0.2) is 0 Å². The highest BCUT2D eigenvalue weighted by atomic mass is 16.6. The van der Waals surface area contributed by atoms with E-state index in [1.807, 2.05) is 6.92 Å². The first-order valence-electron chi connectivity index (χ1n) is 8.51. The molecule has 9 heteroatoms. The number of hydrogen-bond donors (Lipinski definition) is 2. The number of nitro groups is 1. The molecule has 0 aromatic heterocycles. The fourth-order valence-electron chi connectivity index (χ4n) is 2.81. The number of carbonyl (C=O) groups is 2. The minimum absolute atomic E-state index is 0.0312. The molecule has 0 spiro atoms. The Morgan fingerprint density at radius 1 is 1.27 bits per heavy atom. The number of rotatable bonds is 6. The third-order valence-corrected chi connectivity index (χ3v) is 4.45. The highest BCUT2D eigenvalue weighted by Crippen LogP contribution is 2.29. The maximum Gasteiger partial charge on any atom is 0.293 e. The number of benzene rings is 1. The van der Waals surface area contributed by atoms with Gasteiger partial charge in [-0.15, -0.1) is 0 Å². The lowest BCUT2D eigenvalue weighted by Crippen LogP contribution is -3.11. The van der Waals surface area contributed by atoms with Crippen LogP contribution in [0.15, 0.2) is 12.1 Å². The number of anilines is 1. The number of amides is 2. The molecule has 1 saturated heterocycles. The Hall–Kier alpha value is -2.52. The zero-order valence-corrected chi connectivity index (χ0v) is 15.3. The number of quaternary nitrogens is 1.